The molecule has 0 bridgehead atoms. The summed E-state index contributed by atoms with van der Waals surface area (Å²) in [5.41, 5.74) is 0.405. The Morgan fingerprint density at radius 2 is 2.29 bits per heavy atom. The summed E-state index contributed by atoms with van der Waals surface area (Å²) in [6.07, 6.45) is 2.82. The van der Waals surface area contributed by atoms with Crippen LogP contribution >= 0.6 is 11.3 Å². The summed E-state index contributed by atoms with van der Waals surface area (Å²) in [5, 5.41) is 6.65. The standard InChI is InChI=1S/C7H6N2O3S2/c8-14(10,11)7-5(1-4-13-7)6-9-2-3-12-6/h1-4H,(H2,8,10,11). The lowest BCUT2D eigenvalue weighted by Gasteiger charge is -1.95. The molecule has 2 aromatic rings. The first-order valence-electron chi connectivity index (χ1n) is 3.59. The van der Waals surface area contributed by atoms with Gasteiger partial charge in [-0.2, -0.15) is 0 Å². The molecule has 2 N–H and O–H groups in total. The van der Waals surface area contributed by atoms with Crippen molar-refractivity contribution in [1.29, 1.82) is 0 Å². The molecule has 7 heteroatoms. The molecule has 0 atom stereocenters. The van der Waals surface area contributed by atoms with Gasteiger partial charge in [-0.25, -0.2) is 18.5 Å². The zero-order chi connectivity index (χ0) is 10.2. The van der Waals surface area contributed by atoms with E-state index in [4.69, 9.17) is 9.56 Å². The third-order valence-electron chi connectivity index (χ3n) is 1.55. The van der Waals surface area contributed by atoms with E-state index in [1.165, 1.54) is 12.5 Å². The maximum Gasteiger partial charge on any atom is 0.248 e. The Morgan fingerprint density at radius 3 is 2.86 bits per heavy atom. The molecule has 0 saturated carbocycles. The highest BCUT2D eigenvalue weighted by molar-refractivity contribution is 7.91. The van der Waals surface area contributed by atoms with E-state index < -0.39 is 10.0 Å². The van der Waals surface area contributed by atoms with Crippen molar-refractivity contribution < 1.29 is 12.8 Å². The zero-order valence-corrected chi connectivity index (χ0v) is 8.51. The van der Waals surface area contributed by atoms with Gasteiger partial charge in [0.1, 0.15) is 10.5 Å². The third kappa shape index (κ3) is 1.57. The highest BCUT2D eigenvalue weighted by Crippen LogP contribution is 2.29. The van der Waals surface area contributed by atoms with Crippen LogP contribution in [0.25, 0.3) is 11.5 Å². The van der Waals surface area contributed by atoms with Crippen molar-refractivity contribution in [3.63, 3.8) is 0 Å². The molecule has 0 fully saturated rings. The molecule has 2 heterocycles. The van der Waals surface area contributed by atoms with Gasteiger partial charge >= 0.3 is 0 Å². The van der Waals surface area contributed by atoms with E-state index in [1.54, 1.807) is 11.4 Å². The molecule has 0 saturated heterocycles. The Labute approximate surface area is 84.2 Å². The molecule has 0 aliphatic rings. The van der Waals surface area contributed by atoms with E-state index in [0.29, 0.717) is 5.56 Å². The first-order valence-corrected chi connectivity index (χ1v) is 6.02. The molecule has 5 nitrogen and oxygen atoms in total. The number of sulfonamides is 1. The fourth-order valence-corrected chi connectivity index (χ4v) is 2.81. The van der Waals surface area contributed by atoms with E-state index in [9.17, 15) is 8.42 Å². The summed E-state index contributed by atoms with van der Waals surface area (Å²) < 4.78 is 27.3. The van der Waals surface area contributed by atoms with Gasteiger partial charge in [0.2, 0.25) is 15.9 Å². The Hall–Kier alpha value is -1.18. The number of thiophene rings is 1. The van der Waals surface area contributed by atoms with Gasteiger partial charge in [-0.1, -0.05) is 0 Å². The molecule has 74 valence electrons. The van der Waals surface area contributed by atoms with Gasteiger partial charge in [0.25, 0.3) is 0 Å². The fraction of sp³-hybridized carbons (Fsp3) is 0. The van der Waals surface area contributed by atoms with Crippen LogP contribution in [-0.2, 0) is 10.0 Å². The Morgan fingerprint density at radius 1 is 1.50 bits per heavy atom. The van der Waals surface area contributed by atoms with Crippen LogP contribution < -0.4 is 5.14 Å². The Balaban J connectivity index is 2.62. The molecule has 2 rings (SSSR count). The van der Waals surface area contributed by atoms with Crippen molar-refractivity contribution in [2.24, 2.45) is 5.14 Å². The normalized spacial score (nSPS) is 11.8. The molecule has 0 aliphatic carbocycles. The predicted molar refractivity (Wildman–Crippen MR) is 51.2 cm³/mol. The second kappa shape index (κ2) is 3.19. The first kappa shape index (κ1) is 9.38. The topological polar surface area (TPSA) is 86.2 Å². The van der Waals surface area contributed by atoms with Crippen LogP contribution in [0.4, 0.5) is 0 Å². The average Bonchev–Trinajstić information content (AvgIpc) is 2.73. The average molecular weight is 230 g/mol. The van der Waals surface area contributed by atoms with Gasteiger partial charge < -0.3 is 4.42 Å². The predicted octanol–water partition coefficient (Wildman–Crippen LogP) is 1.05. The molecule has 0 spiro atoms. The van der Waals surface area contributed by atoms with Gasteiger partial charge in [0, 0.05) is 0 Å². The lowest BCUT2D eigenvalue weighted by molar-refractivity contribution is 0.571. The SMILES string of the molecule is NS(=O)(=O)c1sccc1-c1ncco1. The van der Waals surface area contributed by atoms with Crippen LogP contribution in [0, 0.1) is 0 Å². The van der Waals surface area contributed by atoms with Gasteiger partial charge in [-0.05, 0) is 11.4 Å². The van der Waals surface area contributed by atoms with Crippen molar-refractivity contribution >= 4 is 21.4 Å². The minimum atomic E-state index is -3.70. The van der Waals surface area contributed by atoms with Gasteiger partial charge in [-0.15, -0.1) is 11.3 Å². The van der Waals surface area contributed by atoms with Crippen molar-refractivity contribution in [3.05, 3.63) is 23.9 Å². The quantitative estimate of drug-likeness (QED) is 0.835. The molecule has 2 aromatic heterocycles. The van der Waals surface area contributed by atoms with E-state index in [1.807, 2.05) is 0 Å². The van der Waals surface area contributed by atoms with Crippen molar-refractivity contribution in [3.8, 4) is 11.5 Å². The van der Waals surface area contributed by atoms with Gasteiger partial charge in [0.05, 0.1) is 11.8 Å². The summed E-state index contributed by atoms with van der Waals surface area (Å²) in [4.78, 5) is 3.85. The van der Waals surface area contributed by atoms with Crippen molar-refractivity contribution in [2.45, 2.75) is 4.21 Å². The number of hydrogen-bond acceptors (Lipinski definition) is 5. The minimum absolute atomic E-state index is 0.0694. The number of nitrogens with two attached hydrogens (primary N) is 1. The lowest BCUT2D eigenvalue weighted by Crippen LogP contribution is -2.11. The summed E-state index contributed by atoms with van der Waals surface area (Å²) >= 11 is 1.04. The number of hydrogen-bond donors (Lipinski definition) is 1. The number of nitrogens with zero attached hydrogens (tertiary/aromatic N) is 1. The molecular weight excluding hydrogens is 224 g/mol. The van der Waals surface area contributed by atoms with Crippen LogP contribution in [0.3, 0.4) is 0 Å². The maximum absolute atomic E-state index is 11.1. The lowest BCUT2D eigenvalue weighted by atomic mass is 10.3. The summed E-state index contributed by atoms with van der Waals surface area (Å²) in [7, 11) is -3.70. The molecule has 0 amide bonds. The zero-order valence-electron chi connectivity index (χ0n) is 6.88. The molecule has 14 heavy (non-hydrogen) atoms. The maximum atomic E-state index is 11.1. The molecule has 0 unspecified atom stereocenters. The van der Waals surface area contributed by atoms with Crippen molar-refractivity contribution in [2.75, 3.05) is 0 Å². The summed E-state index contributed by atoms with van der Waals surface area (Å²) in [5.74, 6) is 0.260. The molecule has 0 aliphatic heterocycles. The smallest absolute Gasteiger partial charge is 0.248 e. The molecule has 0 radical (unpaired) electrons. The van der Waals surface area contributed by atoms with Crippen LogP contribution in [0.1, 0.15) is 0 Å². The van der Waals surface area contributed by atoms with Crippen LogP contribution in [-0.4, -0.2) is 13.4 Å². The van der Waals surface area contributed by atoms with Crippen LogP contribution in [0.2, 0.25) is 0 Å². The number of primary sulfonamides is 1. The highest BCUT2D eigenvalue weighted by Gasteiger charge is 2.19. The van der Waals surface area contributed by atoms with E-state index in [0.717, 1.165) is 11.3 Å². The minimum Gasteiger partial charge on any atom is -0.444 e. The molecular formula is C7H6N2O3S2. The number of aromatic nitrogens is 1. The van der Waals surface area contributed by atoms with Crippen LogP contribution in [0.5, 0.6) is 0 Å². The van der Waals surface area contributed by atoms with E-state index in [-0.39, 0.29) is 10.1 Å². The van der Waals surface area contributed by atoms with Crippen molar-refractivity contribution in [1.82, 2.24) is 4.98 Å². The highest BCUT2D eigenvalue weighted by atomic mass is 32.2. The monoisotopic (exact) mass is 230 g/mol. The van der Waals surface area contributed by atoms with Gasteiger partial charge in [0.15, 0.2) is 0 Å². The fourth-order valence-electron chi connectivity index (χ4n) is 1.03. The second-order valence-corrected chi connectivity index (χ2v) is 5.18. The second-order valence-electron chi connectivity index (χ2n) is 2.50. The summed E-state index contributed by atoms with van der Waals surface area (Å²) in [6, 6.07) is 1.61. The Bertz CT molecular complexity index is 527. The first-order chi connectivity index (χ1) is 6.59. The number of rotatable bonds is 2. The Kier molecular flexibility index (Phi) is 2.14. The van der Waals surface area contributed by atoms with Gasteiger partial charge in [-0.3, -0.25) is 0 Å². The summed E-state index contributed by atoms with van der Waals surface area (Å²) in [6.45, 7) is 0. The third-order valence-corrected chi connectivity index (χ3v) is 3.98. The number of oxazole rings is 1. The molecule has 0 aromatic carbocycles. The van der Waals surface area contributed by atoms with E-state index >= 15 is 0 Å². The van der Waals surface area contributed by atoms with Crippen LogP contribution in [0.15, 0.2) is 32.5 Å². The largest absolute Gasteiger partial charge is 0.444 e. The van der Waals surface area contributed by atoms with E-state index in [2.05, 4.69) is 4.98 Å².